The molecule has 1 atom stereocenters. The molecule has 9 nitrogen and oxygen atoms in total. The number of para-hydroxylation sites is 2. The second-order valence-corrected chi connectivity index (χ2v) is 8.66. The number of carbonyl (C=O) groups is 1. The van der Waals surface area contributed by atoms with Crippen molar-refractivity contribution in [3.05, 3.63) is 88.7 Å². The van der Waals surface area contributed by atoms with Crippen LogP contribution in [0.4, 0.5) is 15.8 Å². The van der Waals surface area contributed by atoms with Gasteiger partial charge in [-0.2, -0.15) is 4.39 Å². The van der Waals surface area contributed by atoms with Gasteiger partial charge in [0.05, 0.1) is 22.8 Å². The molecule has 1 amide bonds. The Bertz CT molecular complexity index is 1380. The molecule has 0 aliphatic carbocycles. The minimum Gasteiger partial charge on any atom is -0.496 e. The maximum absolute atomic E-state index is 13.6. The quantitative estimate of drug-likeness (QED) is 0.206. The summed E-state index contributed by atoms with van der Waals surface area (Å²) in [6, 6.07) is 20.1. The molecule has 11 heteroatoms. The van der Waals surface area contributed by atoms with E-state index < -0.39 is 27.6 Å². The highest BCUT2D eigenvalue weighted by Crippen LogP contribution is 2.34. The maximum Gasteiger partial charge on any atom is 0.306 e. The zero-order valence-corrected chi connectivity index (χ0v) is 19.5. The van der Waals surface area contributed by atoms with Gasteiger partial charge < -0.3 is 10.1 Å². The monoisotopic (exact) mass is 493 g/mol. The summed E-state index contributed by atoms with van der Waals surface area (Å²) in [5.74, 6) is -0.247. The normalized spacial score (nSPS) is 11.6. The lowest BCUT2D eigenvalue weighted by molar-refractivity contribution is -0.387. The van der Waals surface area contributed by atoms with Gasteiger partial charge in [-0.3, -0.25) is 19.5 Å². The van der Waals surface area contributed by atoms with Crippen LogP contribution in [-0.2, 0) is 4.79 Å². The number of thioether (sulfide) groups is 1. The first-order chi connectivity index (χ1) is 16.9. The van der Waals surface area contributed by atoms with Gasteiger partial charge in [0.1, 0.15) is 5.75 Å². The topological polar surface area (TPSA) is 112 Å². The first-order valence-corrected chi connectivity index (χ1v) is 11.3. The van der Waals surface area contributed by atoms with Gasteiger partial charge in [0, 0.05) is 17.4 Å². The van der Waals surface area contributed by atoms with E-state index in [1.165, 1.54) is 6.07 Å². The Balaban J connectivity index is 1.64. The zero-order chi connectivity index (χ0) is 24.9. The van der Waals surface area contributed by atoms with Crippen LogP contribution in [0, 0.1) is 15.9 Å². The van der Waals surface area contributed by atoms with Crippen LogP contribution >= 0.6 is 11.8 Å². The standard InChI is InChI=1S/C24H20FN5O4S/c1-15(23(31)26-16-12-13-19(25)20(14-16)30(32)33)35-24-28-27-22(18-10-6-7-11-21(18)34-2)29(24)17-8-4-3-5-9-17/h3-15H,1-2H3,(H,26,31)/t15-/m0/s1. The molecule has 4 rings (SSSR count). The van der Waals surface area contributed by atoms with Gasteiger partial charge in [0.25, 0.3) is 0 Å². The highest BCUT2D eigenvalue weighted by molar-refractivity contribution is 8.00. The number of nitrogens with one attached hydrogen (secondary N) is 1. The van der Waals surface area contributed by atoms with Gasteiger partial charge in [0.15, 0.2) is 11.0 Å². The molecule has 0 aliphatic rings. The molecule has 0 saturated carbocycles. The van der Waals surface area contributed by atoms with Crippen molar-refractivity contribution in [2.45, 2.75) is 17.3 Å². The number of nitro benzene ring substituents is 1. The molecule has 1 N–H and O–H groups in total. The van der Waals surface area contributed by atoms with Gasteiger partial charge in [-0.15, -0.1) is 10.2 Å². The van der Waals surface area contributed by atoms with Crippen molar-refractivity contribution in [2.24, 2.45) is 0 Å². The molecule has 0 unspecified atom stereocenters. The summed E-state index contributed by atoms with van der Waals surface area (Å²) in [6.07, 6.45) is 0. The Hall–Kier alpha value is -4.25. The van der Waals surface area contributed by atoms with Crippen LogP contribution in [0.3, 0.4) is 0 Å². The van der Waals surface area contributed by atoms with Crippen LogP contribution in [0.2, 0.25) is 0 Å². The fraction of sp³-hybridized carbons (Fsp3) is 0.125. The minimum absolute atomic E-state index is 0.120. The van der Waals surface area contributed by atoms with Crippen LogP contribution in [0.15, 0.2) is 78.0 Å². The predicted molar refractivity (Wildman–Crippen MR) is 130 cm³/mol. The van der Waals surface area contributed by atoms with Crippen molar-refractivity contribution >= 4 is 29.0 Å². The van der Waals surface area contributed by atoms with E-state index in [2.05, 4.69) is 15.5 Å². The van der Waals surface area contributed by atoms with Crippen molar-refractivity contribution in [3.8, 4) is 22.8 Å². The van der Waals surface area contributed by atoms with E-state index in [4.69, 9.17) is 4.74 Å². The zero-order valence-electron chi connectivity index (χ0n) is 18.7. The number of aromatic nitrogens is 3. The summed E-state index contributed by atoms with van der Waals surface area (Å²) in [6.45, 7) is 1.67. The number of amides is 1. The highest BCUT2D eigenvalue weighted by atomic mass is 32.2. The van der Waals surface area contributed by atoms with Gasteiger partial charge in [0.2, 0.25) is 11.7 Å². The maximum atomic E-state index is 13.6. The summed E-state index contributed by atoms with van der Waals surface area (Å²) in [5.41, 5.74) is 0.930. The number of nitrogens with zero attached hydrogens (tertiary/aromatic N) is 4. The van der Waals surface area contributed by atoms with Gasteiger partial charge in [-0.1, -0.05) is 42.1 Å². The van der Waals surface area contributed by atoms with Crippen LogP contribution < -0.4 is 10.1 Å². The lowest BCUT2D eigenvalue weighted by atomic mass is 10.2. The molecule has 0 bridgehead atoms. The molecule has 35 heavy (non-hydrogen) atoms. The van der Waals surface area contributed by atoms with Crippen LogP contribution in [0.1, 0.15) is 6.92 Å². The molecule has 0 spiro atoms. The average molecular weight is 494 g/mol. The Morgan fingerprint density at radius 1 is 1.11 bits per heavy atom. The number of methoxy groups -OCH3 is 1. The third-order valence-electron chi connectivity index (χ3n) is 5.06. The summed E-state index contributed by atoms with van der Waals surface area (Å²) in [5, 5.41) is 22.1. The SMILES string of the molecule is COc1ccccc1-c1nnc(S[C@@H](C)C(=O)Nc2ccc(F)c([N+](=O)[O-])c2)n1-c1ccccc1. The summed E-state index contributed by atoms with van der Waals surface area (Å²) in [7, 11) is 1.57. The van der Waals surface area contributed by atoms with Crippen molar-refractivity contribution in [1.82, 2.24) is 14.8 Å². The predicted octanol–water partition coefficient (Wildman–Crippen LogP) is 5.11. The molecule has 0 saturated heterocycles. The lowest BCUT2D eigenvalue weighted by Crippen LogP contribution is -2.23. The number of nitro groups is 1. The first-order valence-electron chi connectivity index (χ1n) is 10.4. The number of hydrogen-bond acceptors (Lipinski definition) is 7. The number of rotatable bonds is 8. The van der Waals surface area contributed by atoms with Crippen LogP contribution in [0.25, 0.3) is 17.1 Å². The summed E-state index contributed by atoms with van der Waals surface area (Å²) >= 11 is 1.16. The van der Waals surface area contributed by atoms with E-state index >= 15 is 0 Å². The van der Waals surface area contributed by atoms with Crippen molar-refractivity contribution < 1.29 is 18.8 Å². The van der Waals surface area contributed by atoms with Gasteiger partial charge in [-0.25, -0.2) is 0 Å². The molecule has 4 aromatic rings. The fourth-order valence-electron chi connectivity index (χ4n) is 3.35. The number of benzene rings is 3. The number of anilines is 1. The number of hydrogen-bond donors (Lipinski definition) is 1. The second-order valence-electron chi connectivity index (χ2n) is 7.35. The third kappa shape index (κ3) is 5.14. The summed E-state index contributed by atoms with van der Waals surface area (Å²) < 4.78 is 20.9. The molecule has 178 valence electrons. The second kappa shape index (κ2) is 10.3. The summed E-state index contributed by atoms with van der Waals surface area (Å²) in [4.78, 5) is 23.0. The first kappa shape index (κ1) is 23.9. The molecule has 1 aromatic heterocycles. The fourth-order valence-corrected chi connectivity index (χ4v) is 4.21. The van der Waals surface area contributed by atoms with Crippen LogP contribution in [-0.4, -0.2) is 38.0 Å². The molecule has 0 fully saturated rings. The molecule has 1 heterocycles. The van der Waals surface area contributed by atoms with E-state index in [9.17, 15) is 19.3 Å². The van der Waals surface area contributed by atoms with Gasteiger partial charge >= 0.3 is 5.69 Å². The van der Waals surface area contributed by atoms with E-state index in [1.807, 2.05) is 59.2 Å². The van der Waals surface area contributed by atoms with E-state index in [-0.39, 0.29) is 5.69 Å². The number of halogens is 1. The van der Waals surface area contributed by atoms with E-state index in [0.29, 0.717) is 16.7 Å². The lowest BCUT2D eigenvalue weighted by Gasteiger charge is -2.15. The average Bonchev–Trinajstić information content (AvgIpc) is 3.28. The van der Waals surface area contributed by atoms with Crippen molar-refractivity contribution in [1.29, 1.82) is 0 Å². The Labute approximate surface area is 204 Å². The Morgan fingerprint density at radius 2 is 1.83 bits per heavy atom. The highest BCUT2D eigenvalue weighted by Gasteiger charge is 2.24. The third-order valence-corrected chi connectivity index (χ3v) is 6.10. The van der Waals surface area contributed by atoms with Crippen LogP contribution in [0.5, 0.6) is 5.75 Å². The van der Waals surface area contributed by atoms with Gasteiger partial charge in [-0.05, 0) is 43.3 Å². The van der Waals surface area contributed by atoms with E-state index in [1.54, 1.807) is 14.0 Å². The molecule has 0 radical (unpaired) electrons. The minimum atomic E-state index is -0.977. The Morgan fingerprint density at radius 3 is 2.54 bits per heavy atom. The van der Waals surface area contributed by atoms with E-state index in [0.717, 1.165) is 35.1 Å². The number of ether oxygens (including phenoxy) is 1. The molecule has 0 aliphatic heterocycles. The van der Waals surface area contributed by atoms with Crippen molar-refractivity contribution in [3.63, 3.8) is 0 Å². The molecular formula is C24H20FN5O4S. The molecular weight excluding hydrogens is 473 g/mol. The van der Waals surface area contributed by atoms with Crippen molar-refractivity contribution in [2.75, 3.05) is 12.4 Å². The largest absolute Gasteiger partial charge is 0.496 e. The Kier molecular flexibility index (Phi) is 7.06. The molecule has 3 aromatic carbocycles. The smallest absolute Gasteiger partial charge is 0.306 e. The number of carbonyl (C=O) groups excluding carboxylic acids is 1.